The van der Waals surface area contributed by atoms with Gasteiger partial charge in [-0.15, -0.1) is 0 Å². The zero-order chi connectivity index (χ0) is 16.6. The molecule has 2 atom stereocenters. The van der Waals surface area contributed by atoms with E-state index in [1.807, 2.05) is 0 Å². The minimum Gasteiger partial charge on any atom is -0.310 e. The van der Waals surface area contributed by atoms with Gasteiger partial charge < -0.3 is 9.05 Å². The molecule has 0 saturated heterocycles. The molecule has 0 fully saturated rings. The fourth-order valence-electron chi connectivity index (χ4n) is 2.84. The quantitative estimate of drug-likeness (QED) is 0.297. The van der Waals surface area contributed by atoms with Crippen LogP contribution in [0.2, 0.25) is 0 Å². The van der Waals surface area contributed by atoms with Crippen LogP contribution in [0.3, 0.4) is 0 Å². The predicted molar refractivity (Wildman–Crippen MR) is 96.8 cm³/mol. The maximum absolute atomic E-state index is 11.9. The molecular weight excluding hydrogens is 295 g/mol. The average molecular weight is 334 g/mol. The monoisotopic (exact) mass is 334 g/mol. The van der Waals surface area contributed by atoms with E-state index in [0.717, 1.165) is 25.7 Å². The summed E-state index contributed by atoms with van der Waals surface area (Å²) in [5.74, 6) is 1.07. The summed E-state index contributed by atoms with van der Waals surface area (Å²) < 4.78 is 23.0. The highest BCUT2D eigenvalue weighted by molar-refractivity contribution is 7.33. The van der Waals surface area contributed by atoms with Crippen molar-refractivity contribution in [2.75, 3.05) is 13.2 Å². The van der Waals surface area contributed by atoms with Gasteiger partial charge in [0.25, 0.3) is 0 Å². The Balaban J connectivity index is 3.97. The molecule has 0 bridgehead atoms. The number of hydrogen-bond donors (Lipinski definition) is 0. The molecule has 0 amide bonds. The lowest BCUT2D eigenvalue weighted by Gasteiger charge is -2.18. The standard InChI is InChI=1S/C18H39O3P/c1-5-9-13-17(11-7-3)15-20-22(19)21-16-18(12-8-4)14-10-6-2/h17-18,22H,5-16H2,1-4H3. The minimum atomic E-state index is -2.31. The van der Waals surface area contributed by atoms with E-state index in [9.17, 15) is 4.57 Å². The molecule has 0 aliphatic rings. The van der Waals surface area contributed by atoms with Gasteiger partial charge in [0.2, 0.25) is 0 Å². The van der Waals surface area contributed by atoms with Gasteiger partial charge in [0.05, 0.1) is 13.2 Å². The first kappa shape index (κ1) is 22.1. The highest BCUT2D eigenvalue weighted by atomic mass is 31.1. The minimum absolute atomic E-state index is 0.536. The summed E-state index contributed by atoms with van der Waals surface area (Å²) >= 11 is 0. The van der Waals surface area contributed by atoms with Crippen molar-refractivity contribution in [1.82, 2.24) is 0 Å². The second-order valence-electron chi connectivity index (χ2n) is 6.47. The van der Waals surface area contributed by atoms with Crippen molar-refractivity contribution in [3.63, 3.8) is 0 Å². The largest absolute Gasteiger partial charge is 0.319 e. The lowest BCUT2D eigenvalue weighted by molar-refractivity contribution is 0.163. The van der Waals surface area contributed by atoms with Crippen molar-refractivity contribution in [3.05, 3.63) is 0 Å². The topological polar surface area (TPSA) is 35.5 Å². The third-order valence-corrected chi connectivity index (χ3v) is 5.00. The Kier molecular flexibility index (Phi) is 16.1. The second-order valence-corrected chi connectivity index (χ2v) is 7.54. The summed E-state index contributed by atoms with van der Waals surface area (Å²) in [5.41, 5.74) is 0. The first-order chi connectivity index (χ1) is 10.7. The maximum Gasteiger partial charge on any atom is 0.319 e. The predicted octanol–water partition coefficient (Wildman–Crippen LogP) is 6.62. The molecule has 0 rings (SSSR count). The Morgan fingerprint density at radius 1 is 0.682 bits per heavy atom. The Labute approximate surface area is 139 Å². The molecule has 0 aromatic heterocycles. The van der Waals surface area contributed by atoms with E-state index in [4.69, 9.17) is 9.05 Å². The second kappa shape index (κ2) is 16.0. The highest BCUT2D eigenvalue weighted by Crippen LogP contribution is 2.29. The van der Waals surface area contributed by atoms with Gasteiger partial charge in [-0.3, -0.25) is 4.57 Å². The average Bonchev–Trinajstić information content (AvgIpc) is 2.52. The molecule has 0 spiro atoms. The van der Waals surface area contributed by atoms with Crippen molar-refractivity contribution >= 4 is 8.25 Å². The van der Waals surface area contributed by atoms with Crippen LogP contribution in [-0.4, -0.2) is 13.2 Å². The third kappa shape index (κ3) is 12.7. The van der Waals surface area contributed by atoms with Crippen LogP contribution in [0.5, 0.6) is 0 Å². The molecule has 134 valence electrons. The summed E-state index contributed by atoms with van der Waals surface area (Å²) in [5, 5.41) is 0. The van der Waals surface area contributed by atoms with E-state index in [1.165, 1.54) is 38.5 Å². The molecule has 0 N–H and O–H groups in total. The van der Waals surface area contributed by atoms with E-state index in [-0.39, 0.29) is 0 Å². The molecule has 4 heteroatoms. The van der Waals surface area contributed by atoms with E-state index >= 15 is 0 Å². The number of hydrogen-bond acceptors (Lipinski definition) is 3. The van der Waals surface area contributed by atoms with E-state index in [2.05, 4.69) is 27.7 Å². The summed E-state index contributed by atoms with van der Waals surface area (Å²) in [4.78, 5) is 0. The normalized spacial score (nSPS) is 15.6. The van der Waals surface area contributed by atoms with Gasteiger partial charge in [-0.25, -0.2) is 0 Å². The van der Waals surface area contributed by atoms with Crippen molar-refractivity contribution < 1.29 is 13.6 Å². The van der Waals surface area contributed by atoms with Gasteiger partial charge in [-0.2, -0.15) is 0 Å². The Morgan fingerprint density at radius 2 is 1.09 bits per heavy atom. The van der Waals surface area contributed by atoms with E-state index in [1.54, 1.807) is 0 Å². The third-order valence-electron chi connectivity index (χ3n) is 4.20. The van der Waals surface area contributed by atoms with E-state index in [0.29, 0.717) is 25.0 Å². The molecule has 0 radical (unpaired) electrons. The van der Waals surface area contributed by atoms with Crippen molar-refractivity contribution in [1.29, 1.82) is 0 Å². The van der Waals surface area contributed by atoms with Gasteiger partial charge in [0, 0.05) is 0 Å². The Hall–Kier alpha value is 0.150. The fourth-order valence-corrected chi connectivity index (χ4v) is 3.66. The first-order valence-electron chi connectivity index (χ1n) is 9.47. The molecule has 0 saturated carbocycles. The molecule has 0 aliphatic carbocycles. The summed E-state index contributed by atoms with van der Waals surface area (Å²) in [7, 11) is -2.31. The molecule has 0 heterocycles. The zero-order valence-corrected chi connectivity index (χ0v) is 16.4. The van der Waals surface area contributed by atoms with Crippen LogP contribution >= 0.6 is 8.25 Å². The van der Waals surface area contributed by atoms with Crippen LogP contribution in [-0.2, 0) is 13.6 Å². The summed E-state index contributed by atoms with van der Waals surface area (Å²) in [6, 6.07) is 0. The van der Waals surface area contributed by atoms with Crippen LogP contribution in [0.25, 0.3) is 0 Å². The molecule has 22 heavy (non-hydrogen) atoms. The highest BCUT2D eigenvalue weighted by Gasteiger charge is 2.13. The van der Waals surface area contributed by atoms with Crippen LogP contribution < -0.4 is 0 Å². The van der Waals surface area contributed by atoms with Gasteiger partial charge in [-0.1, -0.05) is 66.2 Å². The first-order valence-corrected chi connectivity index (χ1v) is 10.7. The molecule has 0 aromatic carbocycles. The van der Waals surface area contributed by atoms with Gasteiger partial charge in [0.1, 0.15) is 0 Å². The molecule has 0 aromatic rings. The lowest BCUT2D eigenvalue weighted by Crippen LogP contribution is -2.10. The summed E-state index contributed by atoms with van der Waals surface area (Å²) in [6.45, 7) is 10.0. The SMILES string of the molecule is CCCCC(CCC)CO[PH](=O)OCC(CCC)CCCC. The van der Waals surface area contributed by atoms with Crippen molar-refractivity contribution in [3.8, 4) is 0 Å². The summed E-state index contributed by atoms with van der Waals surface area (Å²) in [6.07, 6.45) is 11.9. The molecule has 3 nitrogen and oxygen atoms in total. The van der Waals surface area contributed by atoms with Gasteiger partial charge in [-0.05, 0) is 37.5 Å². The number of rotatable bonds is 16. The van der Waals surface area contributed by atoms with Gasteiger partial charge in [0.15, 0.2) is 0 Å². The Morgan fingerprint density at radius 3 is 1.41 bits per heavy atom. The Bertz CT molecular complexity index is 235. The van der Waals surface area contributed by atoms with Crippen molar-refractivity contribution in [2.45, 2.75) is 91.9 Å². The van der Waals surface area contributed by atoms with Gasteiger partial charge >= 0.3 is 8.25 Å². The number of unbranched alkanes of at least 4 members (excludes halogenated alkanes) is 2. The van der Waals surface area contributed by atoms with Crippen LogP contribution in [0.1, 0.15) is 91.9 Å². The molecule has 2 unspecified atom stereocenters. The van der Waals surface area contributed by atoms with Crippen LogP contribution in [0, 0.1) is 11.8 Å². The van der Waals surface area contributed by atoms with E-state index < -0.39 is 8.25 Å². The smallest absolute Gasteiger partial charge is 0.310 e. The molecule has 0 aliphatic heterocycles. The maximum atomic E-state index is 11.9. The lowest BCUT2D eigenvalue weighted by atomic mass is 9.98. The van der Waals surface area contributed by atoms with Crippen LogP contribution in [0.4, 0.5) is 0 Å². The zero-order valence-electron chi connectivity index (χ0n) is 15.4. The van der Waals surface area contributed by atoms with Crippen LogP contribution in [0.15, 0.2) is 0 Å². The van der Waals surface area contributed by atoms with Crippen molar-refractivity contribution in [2.24, 2.45) is 11.8 Å². The fraction of sp³-hybridized carbons (Fsp3) is 1.00. The molecular formula is C18H39O3P.